The molecule has 0 bridgehead atoms. The molecule has 0 aromatic carbocycles. The van der Waals surface area contributed by atoms with Crippen LogP contribution in [0.1, 0.15) is 63.6 Å². The van der Waals surface area contributed by atoms with Gasteiger partial charge in [-0.25, -0.2) is 4.98 Å². The topological polar surface area (TPSA) is 36.4 Å². The molecule has 3 nitrogen and oxygen atoms in total. The first-order valence-electron chi connectivity index (χ1n) is 8.15. The second-order valence-corrected chi connectivity index (χ2v) is 5.86. The lowest BCUT2D eigenvalue weighted by atomic mass is 9.98. The van der Waals surface area contributed by atoms with E-state index in [0.29, 0.717) is 6.04 Å². The predicted octanol–water partition coefficient (Wildman–Crippen LogP) is 3.69. The first kappa shape index (κ1) is 15.3. The van der Waals surface area contributed by atoms with E-state index >= 15 is 0 Å². The van der Waals surface area contributed by atoms with Crippen molar-refractivity contribution in [3.05, 3.63) is 23.4 Å². The molecule has 112 valence electrons. The van der Waals surface area contributed by atoms with Crippen LogP contribution in [0, 0.1) is 0 Å². The summed E-state index contributed by atoms with van der Waals surface area (Å²) in [5.74, 6) is 1.08. The van der Waals surface area contributed by atoms with Crippen LogP contribution in [0.2, 0.25) is 0 Å². The van der Waals surface area contributed by atoms with Gasteiger partial charge in [0.2, 0.25) is 0 Å². The number of aliphatic hydroxyl groups excluding tert-OH is 1. The van der Waals surface area contributed by atoms with Crippen molar-refractivity contribution in [2.45, 2.75) is 71.4 Å². The lowest BCUT2D eigenvalue weighted by Gasteiger charge is -2.37. The average molecular weight is 276 g/mol. The minimum absolute atomic E-state index is 0.110. The van der Waals surface area contributed by atoms with Crippen molar-refractivity contribution < 1.29 is 5.11 Å². The molecule has 1 aliphatic heterocycles. The van der Waals surface area contributed by atoms with Crippen molar-refractivity contribution in [1.82, 2.24) is 4.98 Å². The molecule has 2 rings (SSSR count). The van der Waals surface area contributed by atoms with Crippen molar-refractivity contribution in [2.75, 3.05) is 11.4 Å². The van der Waals surface area contributed by atoms with Crippen LogP contribution in [0.15, 0.2) is 12.1 Å². The Bertz CT molecular complexity index is 417. The molecule has 0 aliphatic carbocycles. The summed E-state index contributed by atoms with van der Waals surface area (Å²) in [5.41, 5.74) is 2.12. The Kier molecular flexibility index (Phi) is 5.84. The zero-order chi connectivity index (χ0) is 14.4. The molecule has 1 aromatic rings. The van der Waals surface area contributed by atoms with Gasteiger partial charge in [0.15, 0.2) is 0 Å². The number of pyridine rings is 1. The molecule has 1 aliphatic rings. The number of aliphatic hydroxyl groups is 1. The SMILES string of the molecule is CCCc1cc(CO)cc(N2CCCCC2CCC)n1. The summed E-state index contributed by atoms with van der Waals surface area (Å²) in [5, 5.41) is 9.48. The number of hydrogen-bond acceptors (Lipinski definition) is 3. The van der Waals surface area contributed by atoms with E-state index in [1.54, 1.807) is 0 Å². The number of aromatic nitrogens is 1. The van der Waals surface area contributed by atoms with E-state index in [1.807, 2.05) is 6.07 Å². The molecule has 1 fully saturated rings. The standard InChI is InChI=1S/C17H28N2O/c1-3-7-15-11-14(13-20)12-17(18-15)19-10-6-5-9-16(19)8-4-2/h11-12,16,20H,3-10,13H2,1-2H3. The molecular weight excluding hydrogens is 248 g/mol. The van der Waals surface area contributed by atoms with Crippen LogP contribution in [-0.4, -0.2) is 22.7 Å². The molecular formula is C17H28N2O. The van der Waals surface area contributed by atoms with Crippen molar-refractivity contribution in [2.24, 2.45) is 0 Å². The molecule has 0 spiro atoms. The van der Waals surface area contributed by atoms with Gasteiger partial charge in [0.05, 0.1) is 6.61 Å². The minimum atomic E-state index is 0.110. The van der Waals surface area contributed by atoms with Gasteiger partial charge in [-0.1, -0.05) is 26.7 Å². The van der Waals surface area contributed by atoms with Gasteiger partial charge in [-0.2, -0.15) is 0 Å². The zero-order valence-electron chi connectivity index (χ0n) is 12.9. The van der Waals surface area contributed by atoms with E-state index < -0.39 is 0 Å². The van der Waals surface area contributed by atoms with Crippen molar-refractivity contribution >= 4 is 5.82 Å². The number of hydrogen-bond donors (Lipinski definition) is 1. The Morgan fingerprint density at radius 2 is 2.10 bits per heavy atom. The summed E-state index contributed by atoms with van der Waals surface area (Å²) in [7, 11) is 0. The number of rotatable bonds is 6. The highest BCUT2D eigenvalue weighted by Crippen LogP contribution is 2.27. The highest BCUT2D eigenvalue weighted by Gasteiger charge is 2.23. The van der Waals surface area contributed by atoms with Crippen LogP contribution < -0.4 is 4.90 Å². The summed E-state index contributed by atoms with van der Waals surface area (Å²) < 4.78 is 0. The zero-order valence-corrected chi connectivity index (χ0v) is 12.9. The summed E-state index contributed by atoms with van der Waals surface area (Å²) >= 11 is 0. The number of nitrogens with zero attached hydrogens (tertiary/aromatic N) is 2. The summed E-state index contributed by atoms with van der Waals surface area (Å²) in [6, 6.07) is 4.75. The third kappa shape index (κ3) is 3.72. The maximum Gasteiger partial charge on any atom is 0.129 e. The van der Waals surface area contributed by atoms with Gasteiger partial charge in [-0.15, -0.1) is 0 Å². The molecule has 1 atom stereocenters. The molecule has 1 unspecified atom stereocenters. The Labute approximate surface area is 123 Å². The third-order valence-corrected chi connectivity index (χ3v) is 4.16. The van der Waals surface area contributed by atoms with Crippen LogP contribution in [0.25, 0.3) is 0 Å². The van der Waals surface area contributed by atoms with Gasteiger partial charge in [0.1, 0.15) is 5.82 Å². The van der Waals surface area contributed by atoms with E-state index in [2.05, 4.69) is 24.8 Å². The third-order valence-electron chi connectivity index (χ3n) is 4.16. The molecule has 0 radical (unpaired) electrons. The van der Waals surface area contributed by atoms with Crippen molar-refractivity contribution in [3.63, 3.8) is 0 Å². The molecule has 20 heavy (non-hydrogen) atoms. The average Bonchev–Trinajstić information content (AvgIpc) is 2.48. The largest absolute Gasteiger partial charge is 0.392 e. The Morgan fingerprint density at radius 3 is 2.80 bits per heavy atom. The highest BCUT2D eigenvalue weighted by molar-refractivity contribution is 5.44. The smallest absolute Gasteiger partial charge is 0.129 e. The van der Waals surface area contributed by atoms with Crippen LogP contribution in [-0.2, 0) is 13.0 Å². The molecule has 0 saturated carbocycles. The second kappa shape index (κ2) is 7.63. The van der Waals surface area contributed by atoms with Gasteiger partial charge < -0.3 is 10.0 Å². The second-order valence-electron chi connectivity index (χ2n) is 5.86. The van der Waals surface area contributed by atoms with Gasteiger partial charge in [0, 0.05) is 18.3 Å². The van der Waals surface area contributed by atoms with Gasteiger partial charge in [0.25, 0.3) is 0 Å². The molecule has 1 N–H and O–H groups in total. The van der Waals surface area contributed by atoms with Gasteiger partial charge in [-0.05, 0) is 49.8 Å². The Morgan fingerprint density at radius 1 is 1.25 bits per heavy atom. The van der Waals surface area contributed by atoms with Crippen LogP contribution >= 0.6 is 0 Å². The molecule has 0 amide bonds. The highest BCUT2D eigenvalue weighted by atomic mass is 16.3. The van der Waals surface area contributed by atoms with E-state index in [0.717, 1.165) is 36.5 Å². The maximum absolute atomic E-state index is 9.48. The van der Waals surface area contributed by atoms with E-state index in [-0.39, 0.29) is 6.61 Å². The Hall–Kier alpha value is -1.09. The Balaban J connectivity index is 2.26. The molecule has 1 saturated heterocycles. The number of anilines is 1. The maximum atomic E-state index is 9.48. The van der Waals surface area contributed by atoms with Crippen LogP contribution in [0.3, 0.4) is 0 Å². The predicted molar refractivity (Wildman–Crippen MR) is 84.0 cm³/mol. The first-order chi connectivity index (χ1) is 9.78. The van der Waals surface area contributed by atoms with Crippen LogP contribution in [0.5, 0.6) is 0 Å². The lowest BCUT2D eigenvalue weighted by Crippen LogP contribution is -2.40. The summed E-state index contributed by atoms with van der Waals surface area (Å²) in [6.45, 7) is 5.65. The minimum Gasteiger partial charge on any atom is -0.392 e. The van der Waals surface area contributed by atoms with E-state index in [4.69, 9.17) is 4.98 Å². The fourth-order valence-corrected chi connectivity index (χ4v) is 3.19. The normalized spacial score (nSPS) is 19.4. The summed E-state index contributed by atoms with van der Waals surface area (Å²) in [6.07, 6.45) is 8.43. The lowest BCUT2D eigenvalue weighted by molar-refractivity contribution is 0.281. The van der Waals surface area contributed by atoms with Crippen molar-refractivity contribution in [3.8, 4) is 0 Å². The fourth-order valence-electron chi connectivity index (χ4n) is 3.19. The molecule has 3 heteroatoms. The summed E-state index contributed by atoms with van der Waals surface area (Å²) in [4.78, 5) is 7.32. The first-order valence-corrected chi connectivity index (χ1v) is 8.15. The molecule has 2 heterocycles. The van der Waals surface area contributed by atoms with Gasteiger partial charge in [-0.3, -0.25) is 0 Å². The number of piperidine rings is 1. The van der Waals surface area contributed by atoms with Crippen molar-refractivity contribution in [1.29, 1.82) is 0 Å². The van der Waals surface area contributed by atoms with Crippen LogP contribution in [0.4, 0.5) is 5.82 Å². The fraction of sp³-hybridized carbons (Fsp3) is 0.706. The number of aryl methyl sites for hydroxylation is 1. The monoisotopic (exact) mass is 276 g/mol. The van der Waals surface area contributed by atoms with Gasteiger partial charge >= 0.3 is 0 Å². The van der Waals surface area contributed by atoms with E-state index in [1.165, 1.54) is 32.1 Å². The van der Waals surface area contributed by atoms with E-state index in [9.17, 15) is 5.11 Å². The quantitative estimate of drug-likeness (QED) is 0.861. The molecule has 1 aromatic heterocycles.